The number of amides is 1. The first kappa shape index (κ1) is 12.8. The zero-order chi connectivity index (χ0) is 13.7. The van der Waals surface area contributed by atoms with Crippen molar-refractivity contribution in [2.45, 2.75) is 6.92 Å². The molecule has 5 nitrogen and oxygen atoms in total. The van der Waals surface area contributed by atoms with E-state index in [2.05, 4.69) is 10.3 Å². The van der Waals surface area contributed by atoms with Crippen LogP contribution in [-0.2, 0) is 4.79 Å². The van der Waals surface area contributed by atoms with Crippen molar-refractivity contribution in [1.29, 1.82) is 0 Å². The Morgan fingerprint density at radius 3 is 2.84 bits per heavy atom. The highest BCUT2D eigenvalue weighted by Gasteiger charge is 2.07. The van der Waals surface area contributed by atoms with Gasteiger partial charge in [-0.25, -0.2) is 4.79 Å². The smallest absolute Gasteiger partial charge is 0.360 e. The summed E-state index contributed by atoms with van der Waals surface area (Å²) < 4.78 is 5.14. The largest absolute Gasteiger partial charge is 0.421 e. The fourth-order valence-corrected chi connectivity index (χ4v) is 1.50. The van der Waals surface area contributed by atoms with Gasteiger partial charge in [-0.15, -0.1) is 0 Å². The van der Waals surface area contributed by atoms with Gasteiger partial charge in [-0.1, -0.05) is 6.08 Å². The van der Waals surface area contributed by atoms with Crippen LogP contribution >= 0.6 is 0 Å². The van der Waals surface area contributed by atoms with Crippen LogP contribution in [0.2, 0.25) is 0 Å². The van der Waals surface area contributed by atoms with Crippen molar-refractivity contribution in [3.05, 3.63) is 59.2 Å². The number of hydrogen-bond acceptors (Lipinski definition) is 4. The molecule has 0 saturated carbocycles. The van der Waals surface area contributed by atoms with Crippen molar-refractivity contribution in [3.8, 4) is 11.3 Å². The highest BCUT2D eigenvalue weighted by atomic mass is 16.4. The zero-order valence-corrected chi connectivity index (χ0v) is 10.3. The van der Waals surface area contributed by atoms with E-state index in [0.717, 1.165) is 0 Å². The Morgan fingerprint density at radius 1 is 1.37 bits per heavy atom. The summed E-state index contributed by atoms with van der Waals surface area (Å²) in [5.41, 5.74) is 0.209. The van der Waals surface area contributed by atoms with Gasteiger partial charge in [-0.05, 0) is 37.3 Å². The lowest BCUT2D eigenvalue weighted by molar-refractivity contribution is -0.111. The SMILES string of the molecule is CC=CC(=O)Nc1ccc(-c2cccnc2)oc1=O. The second-order valence-corrected chi connectivity index (χ2v) is 3.73. The minimum atomic E-state index is -0.598. The van der Waals surface area contributed by atoms with Gasteiger partial charge < -0.3 is 9.73 Å². The molecule has 19 heavy (non-hydrogen) atoms. The van der Waals surface area contributed by atoms with Crippen LogP contribution in [0.5, 0.6) is 0 Å². The van der Waals surface area contributed by atoms with Gasteiger partial charge in [0.2, 0.25) is 5.91 Å². The van der Waals surface area contributed by atoms with Crippen molar-refractivity contribution in [3.63, 3.8) is 0 Å². The predicted octanol–water partition coefficient (Wildman–Crippen LogP) is 2.22. The summed E-state index contributed by atoms with van der Waals surface area (Å²) in [5.74, 6) is 0.0334. The number of rotatable bonds is 3. The molecule has 0 spiro atoms. The molecule has 0 saturated heterocycles. The van der Waals surface area contributed by atoms with Gasteiger partial charge in [0.15, 0.2) is 0 Å². The van der Waals surface area contributed by atoms with Gasteiger partial charge in [0.25, 0.3) is 0 Å². The van der Waals surface area contributed by atoms with Crippen molar-refractivity contribution in [1.82, 2.24) is 4.98 Å². The molecule has 0 aliphatic carbocycles. The topological polar surface area (TPSA) is 72.2 Å². The van der Waals surface area contributed by atoms with Crippen LogP contribution in [0.1, 0.15) is 6.92 Å². The van der Waals surface area contributed by atoms with E-state index < -0.39 is 5.63 Å². The number of carbonyl (C=O) groups excluding carboxylic acids is 1. The average molecular weight is 256 g/mol. The van der Waals surface area contributed by atoms with E-state index >= 15 is 0 Å². The fraction of sp³-hybridized carbons (Fsp3) is 0.0714. The number of nitrogens with zero attached hydrogens (tertiary/aromatic N) is 1. The van der Waals surface area contributed by atoms with Crippen LogP contribution in [0.25, 0.3) is 11.3 Å². The molecule has 2 rings (SSSR count). The van der Waals surface area contributed by atoms with Gasteiger partial charge in [0.1, 0.15) is 11.4 Å². The van der Waals surface area contributed by atoms with E-state index in [1.54, 1.807) is 43.6 Å². The maximum absolute atomic E-state index is 11.7. The zero-order valence-electron chi connectivity index (χ0n) is 10.3. The summed E-state index contributed by atoms with van der Waals surface area (Å²) >= 11 is 0. The van der Waals surface area contributed by atoms with E-state index in [-0.39, 0.29) is 11.6 Å². The van der Waals surface area contributed by atoms with E-state index in [4.69, 9.17) is 4.42 Å². The Labute approximate surface area is 109 Å². The van der Waals surface area contributed by atoms with Crippen LogP contribution in [0.15, 0.2) is 58.0 Å². The van der Waals surface area contributed by atoms with E-state index in [1.165, 1.54) is 12.1 Å². The molecule has 96 valence electrons. The number of allylic oxidation sites excluding steroid dienone is 1. The Bertz CT molecular complexity index is 660. The summed E-state index contributed by atoms with van der Waals surface area (Å²) in [7, 11) is 0. The minimum absolute atomic E-state index is 0.107. The van der Waals surface area contributed by atoms with E-state index in [9.17, 15) is 9.59 Å². The number of nitrogens with one attached hydrogen (secondary N) is 1. The number of carbonyl (C=O) groups is 1. The fourth-order valence-electron chi connectivity index (χ4n) is 1.50. The Balaban J connectivity index is 2.28. The van der Waals surface area contributed by atoms with Crippen LogP contribution in [0.3, 0.4) is 0 Å². The van der Waals surface area contributed by atoms with Crippen molar-refractivity contribution in [2.75, 3.05) is 5.32 Å². The lowest BCUT2D eigenvalue weighted by Gasteiger charge is -2.02. The maximum atomic E-state index is 11.7. The van der Waals surface area contributed by atoms with Gasteiger partial charge in [-0.2, -0.15) is 0 Å². The van der Waals surface area contributed by atoms with E-state index in [0.29, 0.717) is 11.3 Å². The molecule has 2 heterocycles. The van der Waals surface area contributed by atoms with Crippen molar-refractivity contribution in [2.24, 2.45) is 0 Å². The van der Waals surface area contributed by atoms with E-state index in [1.807, 2.05) is 0 Å². The highest BCUT2D eigenvalue weighted by Crippen LogP contribution is 2.17. The summed E-state index contributed by atoms with van der Waals surface area (Å²) in [6.07, 6.45) is 6.14. The average Bonchev–Trinajstić information content (AvgIpc) is 2.42. The Hall–Kier alpha value is -2.69. The summed E-state index contributed by atoms with van der Waals surface area (Å²) in [5, 5.41) is 2.44. The molecule has 2 aromatic rings. The number of pyridine rings is 1. The van der Waals surface area contributed by atoms with Crippen LogP contribution in [-0.4, -0.2) is 10.9 Å². The second kappa shape index (κ2) is 5.77. The molecule has 0 bridgehead atoms. The monoisotopic (exact) mass is 256 g/mol. The molecule has 0 aliphatic rings. The first-order chi connectivity index (χ1) is 9.20. The number of aromatic nitrogens is 1. The molecule has 1 N–H and O–H groups in total. The van der Waals surface area contributed by atoms with Gasteiger partial charge in [0, 0.05) is 18.0 Å². The van der Waals surface area contributed by atoms with Crippen molar-refractivity contribution >= 4 is 11.6 Å². The molecule has 0 aliphatic heterocycles. The number of hydrogen-bond donors (Lipinski definition) is 1. The highest BCUT2D eigenvalue weighted by molar-refractivity contribution is 5.99. The third-order valence-electron chi connectivity index (χ3n) is 2.35. The first-order valence-electron chi connectivity index (χ1n) is 5.69. The lowest BCUT2D eigenvalue weighted by atomic mass is 10.2. The van der Waals surface area contributed by atoms with Crippen molar-refractivity contribution < 1.29 is 9.21 Å². The maximum Gasteiger partial charge on any atom is 0.360 e. The molecule has 5 heteroatoms. The first-order valence-corrected chi connectivity index (χ1v) is 5.69. The molecule has 0 fully saturated rings. The molecule has 1 amide bonds. The predicted molar refractivity (Wildman–Crippen MR) is 71.7 cm³/mol. The third-order valence-corrected chi connectivity index (χ3v) is 2.35. The second-order valence-electron chi connectivity index (χ2n) is 3.73. The van der Waals surface area contributed by atoms with Crippen LogP contribution in [0.4, 0.5) is 5.69 Å². The third kappa shape index (κ3) is 3.16. The van der Waals surface area contributed by atoms with Crippen LogP contribution < -0.4 is 10.9 Å². The minimum Gasteiger partial charge on any atom is -0.421 e. The molecule has 0 aromatic carbocycles. The standard InChI is InChI=1S/C14H12N2O3/c1-2-4-13(17)16-11-6-7-12(19-14(11)18)10-5-3-8-15-9-10/h2-9H,1H3,(H,16,17). The quantitative estimate of drug-likeness (QED) is 0.854. The Kier molecular flexibility index (Phi) is 3.87. The Morgan fingerprint density at radius 2 is 2.21 bits per heavy atom. The molecular formula is C14H12N2O3. The molecular weight excluding hydrogens is 244 g/mol. The normalized spacial score (nSPS) is 10.6. The number of anilines is 1. The summed E-state index contributed by atoms with van der Waals surface area (Å²) in [6.45, 7) is 1.72. The molecule has 0 atom stereocenters. The van der Waals surface area contributed by atoms with Crippen LogP contribution in [0, 0.1) is 0 Å². The lowest BCUT2D eigenvalue weighted by Crippen LogP contribution is -2.15. The van der Waals surface area contributed by atoms with Gasteiger partial charge in [-0.3, -0.25) is 9.78 Å². The molecule has 2 aromatic heterocycles. The van der Waals surface area contributed by atoms with Gasteiger partial charge in [0.05, 0.1) is 0 Å². The summed E-state index contributed by atoms with van der Waals surface area (Å²) in [4.78, 5) is 27.0. The molecule has 0 radical (unpaired) electrons. The van der Waals surface area contributed by atoms with Gasteiger partial charge >= 0.3 is 5.63 Å². The summed E-state index contributed by atoms with van der Waals surface area (Å²) in [6, 6.07) is 6.65. The molecule has 0 unspecified atom stereocenters.